The zero-order chi connectivity index (χ0) is 16.7. The highest BCUT2D eigenvalue weighted by Gasteiger charge is 2.10. The van der Waals surface area contributed by atoms with E-state index in [2.05, 4.69) is 21.2 Å². The van der Waals surface area contributed by atoms with Crippen molar-refractivity contribution in [2.24, 2.45) is 0 Å². The number of carbonyl (C=O) groups is 1. The van der Waals surface area contributed by atoms with E-state index in [9.17, 15) is 9.18 Å². The smallest absolute Gasteiger partial charge is 0.252 e. The first kappa shape index (κ1) is 17.4. The molecule has 1 amide bonds. The van der Waals surface area contributed by atoms with Crippen LogP contribution in [0.3, 0.4) is 0 Å². The Morgan fingerprint density at radius 2 is 2.04 bits per heavy atom. The van der Waals surface area contributed by atoms with Crippen LogP contribution in [0.25, 0.3) is 0 Å². The maximum atomic E-state index is 13.0. The summed E-state index contributed by atoms with van der Waals surface area (Å²) in [6.07, 6.45) is 0. The molecule has 0 radical (unpaired) electrons. The number of carbonyl (C=O) groups excluding carboxylic acids is 1. The summed E-state index contributed by atoms with van der Waals surface area (Å²) in [4.78, 5) is 12.1. The molecule has 0 saturated carbocycles. The van der Waals surface area contributed by atoms with E-state index < -0.39 is 5.82 Å². The van der Waals surface area contributed by atoms with Gasteiger partial charge in [-0.1, -0.05) is 12.1 Å². The average molecular weight is 382 g/mol. The summed E-state index contributed by atoms with van der Waals surface area (Å²) in [5.41, 5.74) is 1.30. The number of rotatable bonds is 7. The van der Waals surface area contributed by atoms with Gasteiger partial charge in [-0.2, -0.15) is 0 Å². The van der Waals surface area contributed by atoms with Gasteiger partial charge in [0.25, 0.3) is 5.91 Å². The maximum absolute atomic E-state index is 13.0. The molecule has 0 aliphatic heterocycles. The summed E-state index contributed by atoms with van der Waals surface area (Å²) in [5.74, 6) is 0.0497. The first-order valence-corrected chi connectivity index (χ1v) is 7.83. The molecule has 2 rings (SSSR count). The van der Waals surface area contributed by atoms with Crippen molar-refractivity contribution in [2.75, 3.05) is 20.3 Å². The second-order valence-corrected chi connectivity index (χ2v) is 5.65. The number of hydrogen-bond acceptors (Lipinski definition) is 3. The van der Waals surface area contributed by atoms with Crippen LogP contribution in [0.1, 0.15) is 15.9 Å². The van der Waals surface area contributed by atoms with Crippen LogP contribution in [0, 0.1) is 5.82 Å². The van der Waals surface area contributed by atoms with E-state index in [1.165, 1.54) is 18.2 Å². The molecular weight excluding hydrogens is 365 g/mol. The Labute approximate surface area is 142 Å². The van der Waals surface area contributed by atoms with Crippen LogP contribution in [0.15, 0.2) is 46.9 Å². The van der Waals surface area contributed by atoms with Crippen molar-refractivity contribution in [2.45, 2.75) is 6.54 Å². The van der Waals surface area contributed by atoms with Crippen LogP contribution in [0.4, 0.5) is 4.39 Å². The molecule has 0 aromatic heterocycles. The van der Waals surface area contributed by atoms with E-state index in [4.69, 9.17) is 9.47 Å². The van der Waals surface area contributed by atoms with Crippen LogP contribution >= 0.6 is 15.9 Å². The molecule has 0 unspecified atom stereocenters. The zero-order valence-corrected chi connectivity index (χ0v) is 14.2. The summed E-state index contributed by atoms with van der Waals surface area (Å²) >= 11 is 3.19. The maximum Gasteiger partial charge on any atom is 0.252 e. The number of halogens is 2. The van der Waals surface area contributed by atoms with E-state index in [-0.39, 0.29) is 5.91 Å². The molecule has 0 fully saturated rings. The molecule has 0 saturated heterocycles. The lowest BCUT2D eigenvalue weighted by Gasteiger charge is -2.09. The van der Waals surface area contributed by atoms with Crippen LogP contribution in [-0.2, 0) is 11.3 Å². The second kappa shape index (κ2) is 8.64. The van der Waals surface area contributed by atoms with E-state index in [0.29, 0.717) is 29.8 Å². The predicted molar refractivity (Wildman–Crippen MR) is 89.1 cm³/mol. The molecule has 122 valence electrons. The van der Waals surface area contributed by atoms with Crippen LogP contribution in [0.5, 0.6) is 5.75 Å². The fourth-order valence-electron chi connectivity index (χ4n) is 1.94. The van der Waals surface area contributed by atoms with Crippen molar-refractivity contribution in [1.29, 1.82) is 0 Å². The molecule has 1 N–H and O–H groups in total. The van der Waals surface area contributed by atoms with Gasteiger partial charge in [-0.15, -0.1) is 0 Å². The first-order valence-electron chi connectivity index (χ1n) is 7.04. The summed E-state index contributed by atoms with van der Waals surface area (Å²) in [6.45, 7) is 1.33. The number of nitrogens with one attached hydrogen (secondary N) is 1. The number of hydrogen-bond donors (Lipinski definition) is 1. The van der Waals surface area contributed by atoms with Gasteiger partial charge in [0.05, 0.1) is 12.2 Å². The molecule has 0 spiro atoms. The summed E-state index contributed by atoms with van der Waals surface area (Å²) in [7, 11) is 1.61. The second-order valence-electron chi connectivity index (χ2n) is 4.80. The van der Waals surface area contributed by atoms with Crippen LogP contribution in [-0.4, -0.2) is 26.2 Å². The molecule has 6 heteroatoms. The minimum atomic E-state index is -0.394. The Morgan fingerprint density at radius 3 is 2.78 bits per heavy atom. The molecule has 0 atom stereocenters. The topological polar surface area (TPSA) is 47.6 Å². The average Bonchev–Trinajstić information content (AvgIpc) is 2.53. The first-order chi connectivity index (χ1) is 11.1. The number of ether oxygens (including phenoxy) is 2. The zero-order valence-electron chi connectivity index (χ0n) is 12.6. The van der Waals surface area contributed by atoms with Gasteiger partial charge >= 0.3 is 0 Å². The summed E-state index contributed by atoms with van der Waals surface area (Å²) in [6, 6.07) is 11.4. The monoisotopic (exact) mass is 381 g/mol. The van der Waals surface area contributed by atoms with E-state index in [0.717, 1.165) is 11.3 Å². The van der Waals surface area contributed by atoms with Gasteiger partial charge in [0.15, 0.2) is 0 Å². The van der Waals surface area contributed by atoms with Gasteiger partial charge in [0.2, 0.25) is 0 Å². The minimum Gasteiger partial charge on any atom is -0.491 e. The van der Waals surface area contributed by atoms with E-state index >= 15 is 0 Å². The van der Waals surface area contributed by atoms with Crippen LogP contribution in [0.2, 0.25) is 0 Å². The Hall–Kier alpha value is -1.92. The van der Waals surface area contributed by atoms with Crippen molar-refractivity contribution < 1.29 is 18.7 Å². The van der Waals surface area contributed by atoms with Gasteiger partial charge in [-0.05, 0) is 51.8 Å². The molecule has 4 nitrogen and oxygen atoms in total. The highest BCUT2D eigenvalue weighted by molar-refractivity contribution is 9.10. The SMILES string of the molecule is COCCOc1cccc(CNC(=O)c2ccc(F)cc2Br)c1. The Kier molecular flexibility index (Phi) is 6.55. The standard InChI is InChI=1S/C17H17BrFNO3/c1-22-7-8-23-14-4-2-3-12(9-14)11-20-17(21)15-6-5-13(19)10-16(15)18/h2-6,9-10H,7-8,11H2,1H3,(H,20,21). The molecule has 0 bridgehead atoms. The lowest BCUT2D eigenvalue weighted by atomic mass is 10.2. The third-order valence-corrected chi connectivity index (χ3v) is 3.74. The van der Waals surface area contributed by atoms with Crippen molar-refractivity contribution in [1.82, 2.24) is 5.32 Å². The fraction of sp³-hybridized carbons (Fsp3) is 0.235. The molecule has 0 heterocycles. The van der Waals surface area contributed by atoms with Gasteiger partial charge in [-0.25, -0.2) is 4.39 Å². The lowest BCUT2D eigenvalue weighted by Crippen LogP contribution is -2.23. The van der Waals surface area contributed by atoms with Crippen molar-refractivity contribution in [3.63, 3.8) is 0 Å². The molecular formula is C17H17BrFNO3. The largest absolute Gasteiger partial charge is 0.491 e. The normalized spacial score (nSPS) is 10.4. The molecule has 2 aromatic rings. The lowest BCUT2D eigenvalue weighted by molar-refractivity contribution is 0.0950. The number of benzene rings is 2. The molecule has 0 aliphatic carbocycles. The number of amides is 1. The summed E-state index contributed by atoms with van der Waals surface area (Å²) < 4.78 is 23.9. The highest BCUT2D eigenvalue weighted by atomic mass is 79.9. The third kappa shape index (κ3) is 5.33. The minimum absolute atomic E-state index is 0.275. The number of methoxy groups -OCH3 is 1. The van der Waals surface area contributed by atoms with Gasteiger partial charge in [0, 0.05) is 18.1 Å². The third-order valence-electron chi connectivity index (χ3n) is 3.08. The van der Waals surface area contributed by atoms with E-state index in [1.807, 2.05) is 24.3 Å². The Morgan fingerprint density at radius 1 is 1.22 bits per heavy atom. The van der Waals surface area contributed by atoms with E-state index in [1.54, 1.807) is 7.11 Å². The fourth-order valence-corrected chi connectivity index (χ4v) is 2.47. The van der Waals surface area contributed by atoms with Gasteiger partial charge in [-0.3, -0.25) is 4.79 Å². The predicted octanol–water partition coefficient (Wildman–Crippen LogP) is 3.54. The van der Waals surface area contributed by atoms with Crippen molar-refractivity contribution >= 4 is 21.8 Å². The van der Waals surface area contributed by atoms with Gasteiger partial charge in [0.1, 0.15) is 18.2 Å². The van der Waals surface area contributed by atoms with Crippen molar-refractivity contribution in [3.8, 4) is 5.75 Å². The highest BCUT2D eigenvalue weighted by Crippen LogP contribution is 2.18. The molecule has 0 aliphatic rings. The summed E-state index contributed by atoms with van der Waals surface area (Å²) in [5, 5.41) is 2.80. The van der Waals surface area contributed by atoms with Gasteiger partial charge < -0.3 is 14.8 Å². The molecule has 23 heavy (non-hydrogen) atoms. The molecule has 2 aromatic carbocycles. The Bertz CT molecular complexity index is 679. The van der Waals surface area contributed by atoms with Crippen LogP contribution < -0.4 is 10.1 Å². The Balaban J connectivity index is 1.94. The quantitative estimate of drug-likeness (QED) is 0.746. The van der Waals surface area contributed by atoms with Crippen molar-refractivity contribution in [3.05, 3.63) is 63.9 Å².